The Bertz CT molecular complexity index is 377. The smallest absolute Gasteiger partial charge is 0.225 e. The summed E-state index contributed by atoms with van der Waals surface area (Å²) >= 11 is 0. The number of aliphatic hydroxyl groups excluding tert-OH is 4. The van der Waals surface area contributed by atoms with Crippen molar-refractivity contribution in [3.63, 3.8) is 0 Å². The summed E-state index contributed by atoms with van der Waals surface area (Å²) in [7, 11) is 0. The Morgan fingerprint density at radius 3 is 2.65 bits per heavy atom. The fraction of sp³-hybridized carbons (Fsp3) is 0.933. The van der Waals surface area contributed by atoms with Gasteiger partial charge in [0.1, 0.15) is 12.2 Å². The van der Waals surface area contributed by atoms with Gasteiger partial charge in [-0.05, 0) is 25.8 Å². The Morgan fingerprint density at radius 2 is 2.00 bits per heavy atom. The third kappa shape index (κ3) is 4.85. The minimum absolute atomic E-state index is 0.0303. The van der Waals surface area contributed by atoms with Gasteiger partial charge in [-0.25, -0.2) is 0 Å². The lowest BCUT2D eigenvalue weighted by Crippen LogP contribution is -2.62. The number of carbonyl (C=O) groups is 1. The molecule has 1 amide bonds. The summed E-state index contributed by atoms with van der Waals surface area (Å²) in [6.07, 6.45) is -1.11. The SMILES string of the molecule is O=C(NCCCCN1C[C@H](O)[C@@H](O)[C@H](O)[C@H]1CO)C1CCOC1. The van der Waals surface area contributed by atoms with E-state index in [-0.39, 0.29) is 25.0 Å². The summed E-state index contributed by atoms with van der Waals surface area (Å²) in [6, 6.07) is -0.571. The average molecular weight is 332 g/mol. The van der Waals surface area contributed by atoms with Gasteiger partial charge in [0.25, 0.3) is 0 Å². The van der Waals surface area contributed by atoms with Crippen LogP contribution in [0.2, 0.25) is 0 Å². The number of rotatable bonds is 7. The highest BCUT2D eigenvalue weighted by atomic mass is 16.5. The van der Waals surface area contributed by atoms with Crippen LogP contribution in [0.25, 0.3) is 0 Å². The van der Waals surface area contributed by atoms with Crippen molar-refractivity contribution in [1.82, 2.24) is 10.2 Å². The number of unbranched alkanes of at least 4 members (excludes halogenated alkanes) is 1. The maximum Gasteiger partial charge on any atom is 0.225 e. The van der Waals surface area contributed by atoms with Crippen molar-refractivity contribution < 1.29 is 30.0 Å². The molecule has 0 aromatic rings. The summed E-state index contributed by atoms with van der Waals surface area (Å²) < 4.78 is 5.18. The quantitative estimate of drug-likeness (QED) is 0.332. The van der Waals surface area contributed by atoms with Crippen molar-refractivity contribution in [3.05, 3.63) is 0 Å². The Labute approximate surface area is 136 Å². The number of hydrogen-bond acceptors (Lipinski definition) is 7. The van der Waals surface area contributed by atoms with Crippen molar-refractivity contribution in [2.24, 2.45) is 5.92 Å². The van der Waals surface area contributed by atoms with Crippen molar-refractivity contribution in [2.45, 2.75) is 43.6 Å². The summed E-state index contributed by atoms with van der Waals surface area (Å²) in [5, 5.41) is 41.5. The van der Waals surface area contributed by atoms with Gasteiger partial charge in [0, 0.05) is 19.7 Å². The van der Waals surface area contributed by atoms with Gasteiger partial charge in [0.05, 0.1) is 31.3 Å². The van der Waals surface area contributed by atoms with Gasteiger partial charge in [-0.15, -0.1) is 0 Å². The lowest BCUT2D eigenvalue weighted by molar-refractivity contribution is -0.145. The zero-order valence-electron chi connectivity index (χ0n) is 13.3. The molecule has 0 saturated carbocycles. The number of hydrogen-bond donors (Lipinski definition) is 5. The van der Waals surface area contributed by atoms with Gasteiger partial charge in [-0.3, -0.25) is 9.69 Å². The summed E-state index contributed by atoms with van der Waals surface area (Å²) in [6.45, 7) is 2.23. The van der Waals surface area contributed by atoms with Gasteiger partial charge in [0.2, 0.25) is 5.91 Å². The molecule has 0 bridgehead atoms. The van der Waals surface area contributed by atoms with Crippen LogP contribution in [-0.2, 0) is 9.53 Å². The molecule has 0 spiro atoms. The largest absolute Gasteiger partial charge is 0.395 e. The molecule has 2 aliphatic heterocycles. The minimum atomic E-state index is -1.23. The molecule has 0 aliphatic carbocycles. The van der Waals surface area contributed by atoms with Crippen molar-refractivity contribution in [2.75, 3.05) is 39.5 Å². The number of ether oxygens (including phenoxy) is 1. The third-order valence-electron chi connectivity index (χ3n) is 4.69. The van der Waals surface area contributed by atoms with E-state index in [2.05, 4.69) is 5.32 Å². The number of likely N-dealkylation sites (tertiary alicyclic amines) is 1. The van der Waals surface area contributed by atoms with Crippen LogP contribution in [-0.4, -0.2) is 95.0 Å². The van der Waals surface area contributed by atoms with Crippen LogP contribution < -0.4 is 5.32 Å². The first-order valence-corrected chi connectivity index (χ1v) is 8.29. The van der Waals surface area contributed by atoms with Gasteiger partial charge in [-0.1, -0.05) is 0 Å². The van der Waals surface area contributed by atoms with Crippen LogP contribution in [0.3, 0.4) is 0 Å². The van der Waals surface area contributed by atoms with Crippen molar-refractivity contribution >= 4 is 5.91 Å². The molecule has 5 N–H and O–H groups in total. The molecule has 23 heavy (non-hydrogen) atoms. The standard InChI is InChI=1S/C15H28N2O6/c18-8-11-13(20)14(21)12(19)7-17(11)5-2-1-4-16-15(22)10-3-6-23-9-10/h10-14,18-21H,1-9H2,(H,16,22)/t10?,11-,12+,13-,14-/m1/s1. The van der Waals surface area contributed by atoms with Crippen molar-refractivity contribution in [1.29, 1.82) is 0 Å². The first kappa shape index (κ1) is 18.6. The maximum absolute atomic E-state index is 11.8. The normalized spacial score (nSPS) is 35.4. The summed E-state index contributed by atoms with van der Waals surface area (Å²) in [5.41, 5.74) is 0. The maximum atomic E-state index is 11.8. The van der Waals surface area contributed by atoms with Gasteiger partial charge in [0.15, 0.2) is 0 Å². The third-order valence-corrected chi connectivity index (χ3v) is 4.69. The molecular formula is C15H28N2O6. The van der Waals surface area contributed by atoms with Crippen LogP contribution in [0.5, 0.6) is 0 Å². The van der Waals surface area contributed by atoms with E-state index in [1.165, 1.54) is 0 Å². The minimum Gasteiger partial charge on any atom is -0.395 e. The Balaban J connectivity index is 1.65. The number of nitrogens with one attached hydrogen (secondary N) is 1. The number of nitrogens with zero attached hydrogens (tertiary/aromatic N) is 1. The van der Waals surface area contributed by atoms with E-state index < -0.39 is 24.4 Å². The summed E-state index contributed by atoms with van der Waals surface area (Å²) in [4.78, 5) is 13.6. The molecule has 2 heterocycles. The second-order valence-electron chi connectivity index (χ2n) is 6.35. The van der Waals surface area contributed by atoms with E-state index >= 15 is 0 Å². The van der Waals surface area contributed by atoms with Crippen LogP contribution in [0.15, 0.2) is 0 Å². The monoisotopic (exact) mass is 332 g/mol. The molecule has 0 aromatic heterocycles. The molecule has 2 rings (SSSR count). The molecule has 134 valence electrons. The molecule has 2 saturated heterocycles. The lowest BCUT2D eigenvalue weighted by atomic mass is 9.94. The van der Waals surface area contributed by atoms with E-state index in [1.54, 1.807) is 4.90 Å². The number of aliphatic hydroxyl groups is 4. The highest BCUT2D eigenvalue weighted by molar-refractivity contribution is 5.78. The fourth-order valence-electron chi connectivity index (χ4n) is 3.17. The molecule has 2 fully saturated rings. The van der Waals surface area contributed by atoms with E-state index in [0.717, 1.165) is 19.3 Å². The summed E-state index contributed by atoms with van der Waals surface area (Å²) in [5.74, 6) is -0.00896. The zero-order chi connectivity index (χ0) is 16.8. The van der Waals surface area contributed by atoms with Crippen molar-refractivity contribution in [3.8, 4) is 0 Å². The fourth-order valence-corrected chi connectivity index (χ4v) is 3.17. The first-order valence-electron chi connectivity index (χ1n) is 8.29. The van der Waals surface area contributed by atoms with Gasteiger partial charge < -0.3 is 30.5 Å². The molecule has 1 unspecified atom stereocenters. The predicted octanol–water partition coefficient (Wildman–Crippen LogP) is -2.32. The number of piperidine rings is 1. The number of carbonyl (C=O) groups excluding carboxylic acids is 1. The number of β-amino-alcohol motifs (C(OH)–C–C–N with tert-alkyl or cyclic N) is 1. The van der Waals surface area contributed by atoms with Crippen LogP contribution in [0, 0.1) is 5.92 Å². The molecular weight excluding hydrogens is 304 g/mol. The number of amides is 1. The van der Waals surface area contributed by atoms with E-state index in [4.69, 9.17) is 4.74 Å². The van der Waals surface area contributed by atoms with Crippen LogP contribution in [0.1, 0.15) is 19.3 Å². The van der Waals surface area contributed by atoms with E-state index in [0.29, 0.717) is 26.3 Å². The zero-order valence-corrected chi connectivity index (χ0v) is 13.3. The Kier molecular flexibility index (Phi) is 7.19. The van der Waals surface area contributed by atoms with Crippen LogP contribution in [0.4, 0.5) is 0 Å². The first-order chi connectivity index (χ1) is 11.0. The van der Waals surface area contributed by atoms with E-state index in [1.807, 2.05) is 0 Å². The molecule has 8 nitrogen and oxygen atoms in total. The Morgan fingerprint density at radius 1 is 1.22 bits per heavy atom. The second-order valence-corrected chi connectivity index (χ2v) is 6.35. The molecule has 2 aliphatic rings. The molecule has 5 atom stereocenters. The van der Waals surface area contributed by atoms with Gasteiger partial charge in [-0.2, -0.15) is 0 Å². The van der Waals surface area contributed by atoms with Gasteiger partial charge >= 0.3 is 0 Å². The second kappa shape index (κ2) is 8.91. The predicted molar refractivity (Wildman–Crippen MR) is 81.6 cm³/mol. The van der Waals surface area contributed by atoms with Crippen LogP contribution >= 0.6 is 0 Å². The highest BCUT2D eigenvalue weighted by Crippen LogP contribution is 2.19. The topological polar surface area (TPSA) is 122 Å². The lowest BCUT2D eigenvalue weighted by Gasteiger charge is -2.43. The Hall–Kier alpha value is -0.770. The molecule has 8 heteroatoms. The molecule has 0 radical (unpaired) electrons. The average Bonchev–Trinajstić information content (AvgIpc) is 3.07. The van der Waals surface area contributed by atoms with E-state index in [9.17, 15) is 25.2 Å². The highest BCUT2D eigenvalue weighted by Gasteiger charge is 2.40. The molecule has 0 aromatic carbocycles.